The largest absolute Gasteiger partial charge is 0.353 e. The highest BCUT2D eigenvalue weighted by molar-refractivity contribution is 5.81. The molecule has 0 fully saturated rings. The van der Waals surface area contributed by atoms with Gasteiger partial charge in [0.05, 0.1) is 5.92 Å². The lowest BCUT2D eigenvalue weighted by Crippen LogP contribution is -2.37. The molecule has 0 aromatic carbocycles. The first-order chi connectivity index (χ1) is 7.63. The van der Waals surface area contributed by atoms with E-state index in [4.69, 9.17) is 5.73 Å². The highest BCUT2D eigenvalue weighted by Crippen LogP contribution is 2.16. The number of nitrogens with one attached hydrogen (secondary N) is 1. The molecule has 1 aliphatic carbocycles. The van der Waals surface area contributed by atoms with Crippen molar-refractivity contribution in [1.29, 1.82) is 0 Å². The summed E-state index contributed by atoms with van der Waals surface area (Å²) in [4.78, 5) is 11.8. The maximum atomic E-state index is 11.8. The minimum absolute atomic E-state index is 0.0105. The molecule has 0 radical (unpaired) electrons. The molecule has 92 valence electrons. The monoisotopic (exact) mass is 224 g/mol. The van der Waals surface area contributed by atoms with Gasteiger partial charge in [-0.2, -0.15) is 0 Å². The van der Waals surface area contributed by atoms with Gasteiger partial charge in [-0.3, -0.25) is 4.79 Å². The summed E-state index contributed by atoms with van der Waals surface area (Å²) in [5.74, 6) is 0.122. The van der Waals surface area contributed by atoms with E-state index in [2.05, 4.69) is 19.2 Å². The highest BCUT2D eigenvalue weighted by atomic mass is 16.1. The fourth-order valence-corrected chi connectivity index (χ4v) is 2.04. The van der Waals surface area contributed by atoms with E-state index >= 15 is 0 Å². The predicted molar refractivity (Wildman–Crippen MR) is 67.0 cm³/mol. The van der Waals surface area contributed by atoms with Crippen molar-refractivity contribution >= 4 is 5.91 Å². The number of hydrogen-bond donors (Lipinski definition) is 2. The first kappa shape index (κ1) is 13.2. The third-order valence-corrected chi connectivity index (χ3v) is 3.08. The Labute approximate surface area is 98.5 Å². The fraction of sp³-hybridized carbons (Fsp3) is 0.769. The Morgan fingerprint density at radius 3 is 2.81 bits per heavy atom. The van der Waals surface area contributed by atoms with Crippen LogP contribution in [0.4, 0.5) is 0 Å². The Hall–Kier alpha value is -0.830. The van der Waals surface area contributed by atoms with E-state index in [0.717, 1.165) is 12.8 Å². The molecule has 0 bridgehead atoms. The van der Waals surface area contributed by atoms with Crippen LogP contribution in [-0.4, -0.2) is 18.0 Å². The van der Waals surface area contributed by atoms with Crippen LogP contribution in [0.3, 0.4) is 0 Å². The summed E-state index contributed by atoms with van der Waals surface area (Å²) in [5, 5.41) is 3.06. The van der Waals surface area contributed by atoms with Gasteiger partial charge in [0.15, 0.2) is 0 Å². The lowest BCUT2D eigenvalue weighted by Gasteiger charge is -2.16. The Bertz CT molecular complexity index is 250. The molecule has 3 nitrogen and oxygen atoms in total. The summed E-state index contributed by atoms with van der Waals surface area (Å²) in [7, 11) is 0. The van der Waals surface area contributed by atoms with Gasteiger partial charge in [-0.15, -0.1) is 0 Å². The van der Waals surface area contributed by atoms with Crippen LogP contribution in [-0.2, 0) is 4.79 Å². The molecule has 16 heavy (non-hydrogen) atoms. The standard InChI is InChI=1S/C13H24N2O/c1-3-4-5-6-10(2)15-13(16)11-7-8-12(14)9-11/h7-8,10-12H,3-6,9,14H2,1-2H3,(H,15,16). The SMILES string of the molecule is CCCCCC(C)NC(=O)C1C=CC(N)C1. The van der Waals surface area contributed by atoms with Gasteiger partial charge < -0.3 is 11.1 Å². The third-order valence-electron chi connectivity index (χ3n) is 3.08. The molecule has 3 atom stereocenters. The smallest absolute Gasteiger partial charge is 0.227 e. The molecular formula is C13H24N2O. The zero-order valence-electron chi connectivity index (χ0n) is 10.4. The summed E-state index contributed by atoms with van der Waals surface area (Å²) >= 11 is 0. The molecule has 0 heterocycles. The minimum atomic E-state index is -0.0105. The summed E-state index contributed by atoms with van der Waals surface area (Å²) in [5.41, 5.74) is 5.73. The number of hydrogen-bond acceptors (Lipinski definition) is 2. The van der Waals surface area contributed by atoms with Crippen LogP contribution in [0, 0.1) is 5.92 Å². The zero-order chi connectivity index (χ0) is 12.0. The van der Waals surface area contributed by atoms with Crippen LogP contribution in [0.2, 0.25) is 0 Å². The van der Waals surface area contributed by atoms with Crippen LogP contribution >= 0.6 is 0 Å². The molecule has 0 aromatic rings. The van der Waals surface area contributed by atoms with Gasteiger partial charge >= 0.3 is 0 Å². The van der Waals surface area contributed by atoms with Gasteiger partial charge in [0.1, 0.15) is 0 Å². The molecular weight excluding hydrogens is 200 g/mol. The van der Waals surface area contributed by atoms with Crippen LogP contribution < -0.4 is 11.1 Å². The number of amides is 1. The van der Waals surface area contributed by atoms with Crippen molar-refractivity contribution in [2.75, 3.05) is 0 Å². The van der Waals surface area contributed by atoms with Gasteiger partial charge in [-0.1, -0.05) is 38.3 Å². The maximum Gasteiger partial charge on any atom is 0.227 e. The molecule has 0 aromatic heterocycles. The first-order valence-corrected chi connectivity index (χ1v) is 6.37. The Morgan fingerprint density at radius 1 is 1.50 bits per heavy atom. The number of rotatable bonds is 6. The molecule has 0 saturated heterocycles. The minimum Gasteiger partial charge on any atom is -0.353 e. The molecule has 3 unspecified atom stereocenters. The van der Waals surface area contributed by atoms with Gasteiger partial charge in [0.2, 0.25) is 5.91 Å². The van der Waals surface area contributed by atoms with Crippen LogP contribution in [0.25, 0.3) is 0 Å². The van der Waals surface area contributed by atoms with E-state index < -0.39 is 0 Å². The molecule has 3 N–H and O–H groups in total. The second kappa shape index (κ2) is 6.69. The van der Waals surface area contributed by atoms with E-state index in [-0.39, 0.29) is 23.9 Å². The Kier molecular flexibility index (Phi) is 5.53. The van der Waals surface area contributed by atoms with Crippen molar-refractivity contribution < 1.29 is 4.79 Å². The van der Waals surface area contributed by atoms with E-state index in [9.17, 15) is 4.79 Å². The van der Waals surface area contributed by atoms with Crippen LogP contribution in [0.1, 0.15) is 46.0 Å². The lowest BCUT2D eigenvalue weighted by molar-refractivity contribution is -0.124. The van der Waals surface area contributed by atoms with Crippen LogP contribution in [0.5, 0.6) is 0 Å². The van der Waals surface area contributed by atoms with Crippen molar-refractivity contribution in [3.8, 4) is 0 Å². The maximum absolute atomic E-state index is 11.8. The third kappa shape index (κ3) is 4.35. The first-order valence-electron chi connectivity index (χ1n) is 6.37. The van der Waals surface area contributed by atoms with Crippen molar-refractivity contribution in [1.82, 2.24) is 5.32 Å². The van der Waals surface area contributed by atoms with Gasteiger partial charge in [-0.25, -0.2) is 0 Å². The quantitative estimate of drug-likeness (QED) is 0.535. The van der Waals surface area contributed by atoms with E-state index in [1.165, 1.54) is 19.3 Å². The number of unbranched alkanes of at least 4 members (excludes halogenated alkanes) is 2. The summed E-state index contributed by atoms with van der Waals surface area (Å²) in [6.45, 7) is 4.26. The summed E-state index contributed by atoms with van der Waals surface area (Å²) in [6, 6.07) is 0.343. The number of carbonyl (C=O) groups excluding carboxylic acids is 1. The average molecular weight is 224 g/mol. The summed E-state index contributed by atoms with van der Waals surface area (Å²) in [6.07, 6.45) is 9.34. The van der Waals surface area contributed by atoms with Gasteiger partial charge in [0.25, 0.3) is 0 Å². The molecule has 1 rings (SSSR count). The van der Waals surface area contributed by atoms with E-state index in [1.807, 2.05) is 12.2 Å². The Morgan fingerprint density at radius 2 is 2.25 bits per heavy atom. The second-order valence-corrected chi connectivity index (χ2v) is 4.80. The fourth-order valence-electron chi connectivity index (χ4n) is 2.04. The molecule has 1 aliphatic rings. The molecule has 3 heteroatoms. The highest BCUT2D eigenvalue weighted by Gasteiger charge is 2.23. The zero-order valence-corrected chi connectivity index (χ0v) is 10.4. The topological polar surface area (TPSA) is 55.1 Å². The van der Waals surface area contributed by atoms with Gasteiger partial charge in [-0.05, 0) is 19.8 Å². The normalized spacial score (nSPS) is 25.7. The van der Waals surface area contributed by atoms with Crippen LogP contribution in [0.15, 0.2) is 12.2 Å². The van der Waals surface area contributed by atoms with Gasteiger partial charge in [0, 0.05) is 12.1 Å². The summed E-state index contributed by atoms with van der Waals surface area (Å²) < 4.78 is 0. The van der Waals surface area contributed by atoms with E-state index in [1.54, 1.807) is 0 Å². The molecule has 0 aliphatic heterocycles. The average Bonchev–Trinajstić information content (AvgIpc) is 2.65. The molecule has 0 spiro atoms. The lowest BCUT2D eigenvalue weighted by atomic mass is 10.1. The van der Waals surface area contributed by atoms with E-state index in [0.29, 0.717) is 0 Å². The van der Waals surface area contributed by atoms with Crippen molar-refractivity contribution in [2.45, 2.75) is 58.0 Å². The number of nitrogens with two attached hydrogens (primary N) is 1. The number of carbonyl (C=O) groups is 1. The Balaban J connectivity index is 2.21. The predicted octanol–water partition coefficient (Wildman–Crippen LogP) is 1.97. The van der Waals surface area contributed by atoms with Crippen molar-refractivity contribution in [3.63, 3.8) is 0 Å². The molecule has 1 amide bonds. The molecule has 0 saturated carbocycles. The van der Waals surface area contributed by atoms with Crippen molar-refractivity contribution in [2.24, 2.45) is 11.7 Å². The van der Waals surface area contributed by atoms with Crippen molar-refractivity contribution in [3.05, 3.63) is 12.2 Å². The second-order valence-electron chi connectivity index (χ2n) is 4.80.